The van der Waals surface area contributed by atoms with E-state index in [1.807, 2.05) is 25.1 Å². The molecule has 1 aliphatic rings. The maximum atomic E-state index is 13.1. The van der Waals surface area contributed by atoms with Crippen molar-refractivity contribution in [1.82, 2.24) is 0 Å². The number of furan rings is 1. The van der Waals surface area contributed by atoms with Gasteiger partial charge in [-0.15, -0.1) is 0 Å². The van der Waals surface area contributed by atoms with Gasteiger partial charge in [-0.2, -0.15) is 10.1 Å². The van der Waals surface area contributed by atoms with Gasteiger partial charge in [0.05, 0.1) is 32.5 Å². The Morgan fingerprint density at radius 2 is 1.77 bits per heavy atom. The van der Waals surface area contributed by atoms with Crippen LogP contribution >= 0.6 is 11.6 Å². The number of carbonyl (C=O) groups excluding carboxylic acids is 2. The van der Waals surface area contributed by atoms with Gasteiger partial charge in [0.25, 0.3) is 11.8 Å². The van der Waals surface area contributed by atoms with E-state index in [2.05, 4.69) is 10.4 Å². The zero-order valence-electron chi connectivity index (χ0n) is 21.4. The lowest BCUT2D eigenvalue weighted by atomic mass is 10.1. The summed E-state index contributed by atoms with van der Waals surface area (Å²) in [6.07, 6.45) is 1.57. The highest BCUT2D eigenvalue weighted by Gasteiger charge is 2.29. The third-order valence-corrected chi connectivity index (χ3v) is 7.42. The summed E-state index contributed by atoms with van der Waals surface area (Å²) < 4.78 is 29.0. The van der Waals surface area contributed by atoms with E-state index in [4.69, 9.17) is 21.2 Å². The first-order valence-corrected chi connectivity index (χ1v) is 13.9. The molecule has 0 saturated carbocycles. The summed E-state index contributed by atoms with van der Waals surface area (Å²) in [5, 5.41) is 13.8. The summed E-state index contributed by atoms with van der Waals surface area (Å²) >= 11 is 6.33. The number of benzene rings is 3. The molecule has 202 valence electrons. The fourth-order valence-corrected chi connectivity index (χ4v) is 4.86. The number of carbonyl (C=O) groups is 2. The van der Waals surface area contributed by atoms with Gasteiger partial charge in [0.1, 0.15) is 11.5 Å². The summed E-state index contributed by atoms with van der Waals surface area (Å²) in [6, 6.07) is 21.4. The minimum absolute atomic E-state index is 0.0690. The standard InChI is InChI=1S/C29H23ClN4O5S/c1-17-4-3-5-20(14-17)32-28(35)25-15-19(6-12-26(25)30)27-13-9-22(39-27)16-24-18(2)33-34(29(24)36)21-7-10-23(11-8-21)40(31,37)38/h3-16H,1-2H3,(H,32,35)(H2,31,37,38)/b24-16-. The Bertz CT molecular complexity index is 1830. The van der Waals surface area contributed by atoms with Crippen LogP contribution in [0.15, 0.2) is 98.8 Å². The monoisotopic (exact) mass is 574 g/mol. The molecule has 40 heavy (non-hydrogen) atoms. The third-order valence-electron chi connectivity index (χ3n) is 6.16. The lowest BCUT2D eigenvalue weighted by Crippen LogP contribution is -2.21. The number of hydrogen-bond donors (Lipinski definition) is 2. The van der Waals surface area contributed by atoms with E-state index in [1.54, 1.807) is 49.4 Å². The molecule has 0 atom stereocenters. The van der Waals surface area contributed by atoms with Gasteiger partial charge in [-0.05, 0) is 92.2 Å². The number of anilines is 2. The predicted octanol–water partition coefficient (Wildman–Crippen LogP) is 5.61. The van der Waals surface area contributed by atoms with Crippen LogP contribution in [0.1, 0.15) is 28.6 Å². The van der Waals surface area contributed by atoms with Crippen molar-refractivity contribution in [2.45, 2.75) is 18.7 Å². The maximum absolute atomic E-state index is 13.1. The molecule has 0 radical (unpaired) electrons. The van der Waals surface area contributed by atoms with Crippen LogP contribution in [-0.2, 0) is 14.8 Å². The summed E-state index contributed by atoms with van der Waals surface area (Å²) in [5.74, 6) is 0.121. The summed E-state index contributed by atoms with van der Waals surface area (Å²) in [4.78, 5) is 26.0. The van der Waals surface area contributed by atoms with Crippen LogP contribution in [0.2, 0.25) is 5.02 Å². The molecular formula is C29H23ClN4O5S. The van der Waals surface area contributed by atoms with Crippen molar-refractivity contribution in [1.29, 1.82) is 0 Å². The van der Waals surface area contributed by atoms with Crippen molar-refractivity contribution in [3.8, 4) is 11.3 Å². The molecule has 0 spiro atoms. The molecule has 0 bridgehead atoms. The van der Waals surface area contributed by atoms with Gasteiger partial charge >= 0.3 is 0 Å². The molecule has 1 aliphatic heterocycles. The van der Waals surface area contributed by atoms with E-state index in [-0.39, 0.29) is 16.4 Å². The van der Waals surface area contributed by atoms with Crippen molar-refractivity contribution in [2.75, 3.05) is 10.3 Å². The minimum Gasteiger partial charge on any atom is -0.457 e. The molecular weight excluding hydrogens is 552 g/mol. The van der Waals surface area contributed by atoms with E-state index in [1.165, 1.54) is 29.3 Å². The van der Waals surface area contributed by atoms with Crippen molar-refractivity contribution in [3.63, 3.8) is 0 Å². The summed E-state index contributed by atoms with van der Waals surface area (Å²) in [6.45, 7) is 3.62. The second-order valence-electron chi connectivity index (χ2n) is 9.12. The van der Waals surface area contributed by atoms with E-state index in [0.29, 0.717) is 44.8 Å². The number of nitrogens with two attached hydrogens (primary N) is 1. The van der Waals surface area contributed by atoms with Gasteiger partial charge in [-0.1, -0.05) is 23.7 Å². The second kappa shape index (κ2) is 10.6. The quantitative estimate of drug-likeness (QED) is 0.288. The number of rotatable bonds is 6. The van der Waals surface area contributed by atoms with Gasteiger partial charge in [0, 0.05) is 11.3 Å². The normalized spacial score (nSPS) is 14.5. The van der Waals surface area contributed by atoms with Crippen LogP contribution in [0.4, 0.5) is 11.4 Å². The number of hydrogen-bond acceptors (Lipinski definition) is 6. The molecule has 11 heteroatoms. The van der Waals surface area contributed by atoms with Crippen LogP contribution in [0.25, 0.3) is 17.4 Å². The average molecular weight is 575 g/mol. The molecule has 0 unspecified atom stereocenters. The highest BCUT2D eigenvalue weighted by molar-refractivity contribution is 7.89. The zero-order valence-corrected chi connectivity index (χ0v) is 23.0. The molecule has 1 aromatic heterocycles. The SMILES string of the molecule is CC1=NN(c2ccc(S(N)(=O)=O)cc2)C(=O)/C1=C\c1ccc(-c2ccc(Cl)c(C(=O)Nc3cccc(C)c3)c2)o1. The third kappa shape index (κ3) is 5.59. The first kappa shape index (κ1) is 27.1. The van der Waals surface area contributed by atoms with Gasteiger partial charge in [-0.3, -0.25) is 9.59 Å². The number of nitrogens with one attached hydrogen (secondary N) is 1. The average Bonchev–Trinajstić information content (AvgIpc) is 3.49. The zero-order chi connectivity index (χ0) is 28.6. The van der Waals surface area contributed by atoms with Crippen molar-refractivity contribution >= 4 is 56.6 Å². The Kier molecular flexibility index (Phi) is 7.16. The second-order valence-corrected chi connectivity index (χ2v) is 11.1. The summed E-state index contributed by atoms with van der Waals surface area (Å²) in [5.41, 5.74) is 3.74. The maximum Gasteiger partial charge on any atom is 0.280 e. The number of nitrogens with zero attached hydrogens (tertiary/aromatic N) is 2. The van der Waals surface area contributed by atoms with Gasteiger partial charge < -0.3 is 9.73 Å². The van der Waals surface area contributed by atoms with Crippen LogP contribution in [-0.4, -0.2) is 25.9 Å². The number of hydrazone groups is 1. The van der Waals surface area contributed by atoms with Gasteiger partial charge in [-0.25, -0.2) is 13.6 Å². The molecule has 5 rings (SSSR count). The van der Waals surface area contributed by atoms with Crippen LogP contribution in [0.3, 0.4) is 0 Å². The largest absolute Gasteiger partial charge is 0.457 e. The Hall–Kier alpha value is -4.51. The molecule has 0 fully saturated rings. The van der Waals surface area contributed by atoms with Gasteiger partial charge in [0.15, 0.2) is 0 Å². The van der Waals surface area contributed by atoms with Crippen molar-refractivity contribution in [2.24, 2.45) is 10.2 Å². The van der Waals surface area contributed by atoms with E-state index >= 15 is 0 Å². The number of sulfonamides is 1. The van der Waals surface area contributed by atoms with Crippen molar-refractivity contribution in [3.05, 3.63) is 106 Å². The number of primary sulfonamides is 1. The molecule has 0 aliphatic carbocycles. The van der Waals surface area contributed by atoms with Gasteiger partial charge in [0.2, 0.25) is 10.0 Å². The van der Waals surface area contributed by atoms with Crippen LogP contribution < -0.4 is 15.5 Å². The lowest BCUT2D eigenvalue weighted by Gasteiger charge is -2.12. The Balaban J connectivity index is 1.36. The molecule has 2 amide bonds. The molecule has 3 aromatic carbocycles. The molecule has 0 saturated heterocycles. The fraction of sp³-hybridized carbons (Fsp3) is 0.0690. The smallest absolute Gasteiger partial charge is 0.280 e. The summed E-state index contributed by atoms with van der Waals surface area (Å²) in [7, 11) is -3.86. The highest BCUT2D eigenvalue weighted by Crippen LogP contribution is 2.30. The van der Waals surface area contributed by atoms with Crippen molar-refractivity contribution < 1.29 is 22.4 Å². The van der Waals surface area contributed by atoms with E-state index in [9.17, 15) is 18.0 Å². The lowest BCUT2D eigenvalue weighted by molar-refractivity contribution is -0.114. The Labute approximate surface area is 235 Å². The molecule has 3 N–H and O–H groups in total. The molecule has 4 aromatic rings. The van der Waals surface area contributed by atoms with E-state index < -0.39 is 15.9 Å². The molecule has 9 nitrogen and oxygen atoms in total. The van der Waals surface area contributed by atoms with E-state index in [0.717, 1.165) is 5.56 Å². The number of aryl methyl sites for hydroxylation is 1. The Morgan fingerprint density at radius 1 is 1.02 bits per heavy atom. The first-order valence-electron chi connectivity index (χ1n) is 12.0. The highest BCUT2D eigenvalue weighted by atomic mass is 35.5. The number of amides is 2. The Morgan fingerprint density at radius 3 is 2.48 bits per heavy atom. The molecule has 2 heterocycles. The fourth-order valence-electron chi connectivity index (χ4n) is 4.14. The minimum atomic E-state index is -3.86. The number of halogens is 1. The van der Waals surface area contributed by atoms with Crippen LogP contribution in [0, 0.1) is 6.92 Å². The first-order chi connectivity index (χ1) is 19.0. The predicted molar refractivity (Wildman–Crippen MR) is 155 cm³/mol. The topological polar surface area (TPSA) is 135 Å². The van der Waals surface area contributed by atoms with Crippen LogP contribution in [0.5, 0.6) is 0 Å².